The Morgan fingerprint density at radius 3 is 2.31 bits per heavy atom. The molecule has 2 heterocycles. The minimum atomic E-state index is 0.127. The van der Waals surface area contributed by atoms with Crippen molar-refractivity contribution in [3.8, 4) is 0 Å². The van der Waals surface area contributed by atoms with Gasteiger partial charge in [0.25, 0.3) is 5.91 Å². The van der Waals surface area contributed by atoms with Gasteiger partial charge in [0.05, 0.1) is 0 Å². The van der Waals surface area contributed by atoms with Gasteiger partial charge in [0, 0.05) is 49.7 Å². The highest BCUT2D eigenvalue weighted by Crippen LogP contribution is 2.21. The number of unbranched alkanes of at least 4 members (excludes halogenated alkanes) is 2. The Labute approximate surface area is 195 Å². The number of rotatable bonds is 8. The van der Waals surface area contributed by atoms with Crippen LogP contribution in [0.2, 0.25) is 0 Å². The molecule has 1 aromatic heterocycles. The van der Waals surface area contributed by atoms with Crippen molar-refractivity contribution in [1.82, 2.24) is 14.3 Å². The van der Waals surface area contributed by atoms with Crippen molar-refractivity contribution in [2.45, 2.75) is 46.0 Å². The normalized spacial score (nSPS) is 14.1. The maximum atomic E-state index is 12.9. The van der Waals surface area contributed by atoms with Gasteiger partial charge in [0.15, 0.2) is 0 Å². The van der Waals surface area contributed by atoms with Crippen LogP contribution in [0.4, 0.5) is 5.13 Å². The first-order valence-corrected chi connectivity index (χ1v) is 12.4. The minimum Gasteiger partial charge on any atom is -0.343 e. The summed E-state index contributed by atoms with van der Waals surface area (Å²) in [4.78, 5) is 21.9. The zero-order chi connectivity index (χ0) is 22.3. The zero-order valence-electron chi connectivity index (χ0n) is 19.1. The molecule has 3 aromatic rings. The lowest BCUT2D eigenvalue weighted by molar-refractivity contribution is 0.0746. The van der Waals surface area contributed by atoms with Gasteiger partial charge < -0.3 is 9.80 Å². The summed E-state index contributed by atoms with van der Waals surface area (Å²) in [6.45, 7) is 7.32. The van der Waals surface area contributed by atoms with Crippen LogP contribution in [0, 0.1) is 6.92 Å². The fourth-order valence-corrected chi connectivity index (χ4v) is 4.75. The van der Waals surface area contributed by atoms with Crippen molar-refractivity contribution in [2.75, 3.05) is 31.1 Å². The van der Waals surface area contributed by atoms with E-state index < -0.39 is 0 Å². The molecule has 0 radical (unpaired) electrons. The third-order valence-corrected chi connectivity index (χ3v) is 6.86. The Bertz CT molecular complexity index is 1010. The van der Waals surface area contributed by atoms with Gasteiger partial charge in [0.2, 0.25) is 5.13 Å². The van der Waals surface area contributed by atoms with E-state index in [0.717, 1.165) is 42.5 Å². The van der Waals surface area contributed by atoms with E-state index in [0.29, 0.717) is 13.1 Å². The molecule has 0 N–H and O–H groups in total. The second-order valence-electron chi connectivity index (χ2n) is 8.59. The molecule has 0 unspecified atom stereocenters. The van der Waals surface area contributed by atoms with Crippen LogP contribution in [-0.2, 0) is 12.8 Å². The number of aromatic nitrogens is 2. The molecule has 1 amide bonds. The minimum absolute atomic E-state index is 0.127. The number of aryl methyl sites for hydroxylation is 2. The van der Waals surface area contributed by atoms with Gasteiger partial charge in [-0.25, -0.2) is 4.98 Å². The molecule has 0 saturated carbocycles. The van der Waals surface area contributed by atoms with Gasteiger partial charge in [-0.05, 0) is 43.0 Å². The summed E-state index contributed by atoms with van der Waals surface area (Å²) in [5.41, 5.74) is 4.59. The largest absolute Gasteiger partial charge is 0.343 e. The highest BCUT2D eigenvalue weighted by Gasteiger charge is 2.24. The predicted molar refractivity (Wildman–Crippen MR) is 132 cm³/mol. The Hall–Kier alpha value is -2.73. The highest BCUT2D eigenvalue weighted by molar-refractivity contribution is 7.09. The summed E-state index contributed by atoms with van der Waals surface area (Å²) in [7, 11) is 0. The molecule has 0 atom stereocenters. The van der Waals surface area contributed by atoms with E-state index in [1.165, 1.54) is 47.5 Å². The zero-order valence-corrected chi connectivity index (χ0v) is 19.9. The van der Waals surface area contributed by atoms with Gasteiger partial charge >= 0.3 is 0 Å². The Morgan fingerprint density at radius 1 is 0.938 bits per heavy atom. The second kappa shape index (κ2) is 10.7. The van der Waals surface area contributed by atoms with E-state index in [-0.39, 0.29) is 5.91 Å². The number of nitrogens with zero attached hydrogens (tertiary/aromatic N) is 4. The van der Waals surface area contributed by atoms with Crippen molar-refractivity contribution in [3.63, 3.8) is 0 Å². The number of amides is 1. The molecule has 4 rings (SSSR count). The number of hydrogen-bond acceptors (Lipinski definition) is 5. The van der Waals surface area contributed by atoms with Gasteiger partial charge in [-0.1, -0.05) is 61.7 Å². The molecule has 1 aliphatic rings. The van der Waals surface area contributed by atoms with Crippen molar-refractivity contribution in [1.29, 1.82) is 0 Å². The Kier molecular flexibility index (Phi) is 7.53. The highest BCUT2D eigenvalue weighted by atomic mass is 32.1. The summed E-state index contributed by atoms with van der Waals surface area (Å²) < 4.78 is 4.55. The SMILES string of the molecule is CCCCCc1ccc(C(=O)N2CCN(c3nc(Cc4ccc(C)cc4)ns3)CC2)cc1. The molecular weight excluding hydrogens is 416 g/mol. The topological polar surface area (TPSA) is 49.3 Å². The molecular formula is C26H32N4OS. The van der Waals surface area contributed by atoms with Gasteiger partial charge in [-0.15, -0.1) is 0 Å². The fourth-order valence-electron chi connectivity index (χ4n) is 4.01. The summed E-state index contributed by atoms with van der Waals surface area (Å²) in [5, 5.41) is 0.954. The molecule has 0 spiro atoms. The van der Waals surface area contributed by atoms with Crippen molar-refractivity contribution >= 4 is 22.6 Å². The van der Waals surface area contributed by atoms with Gasteiger partial charge in [-0.2, -0.15) is 4.37 Å². The van der Waals surface area contributed by atoms with E-state index in [4.69, 9.17) is 4.98 Å². The first-order valence-electron chi connectivity index (χ1n) is 11.6. The Morgan fingerprint density at radius 2 is 1.62 bits per heavy atom. The van der Waals surface area contributed by atoms with Crippen LogP contribution in [0.15, 0.2) is 48.5 Å². The molecule has 6 heteroatoms. The molecule has 1 fully saturated rings. The van der Waals surface area contributed by atoms with Gasteiger partial charge in [0.1, 0.15) is 5.82 Å². The number of hydrogen-bond donors (Lipinski definition) is 0. The maximum absolute atomic E-state index is 12.9. The molecule has 32 heavy (non-hydrogen) atoms. The summed E-state index contributed by atoms with van der Waals surface area (Å²) >= 11 is 1.46. The quantitative estimate of drug-likeness (QED) is 0.448. The first kappa shape index (κ1) is 22.5. The molecule has 1 saturated heterocycles. The lowest BCUT2D eigenvalue weighted by atomic mass is 10.0. The first-order chi connectivity index (χ1) is 15.6. The van der Waals surface area contributed by atoms with Crippen LogP contribution >= 0.6 is 11.5 Å². The van der Waals surface area contributed by atoms with Crippen LogP contribution in [0.25, 0.3) is 0 Å². The van der Waals surface area contributed by atoms with Crippen LogP contribution in [0.1, 0.15) is 59.1 Å². The van der Waals surface area contributed by atoms with E-state index in [2.05, 4.69) is 59.5 Å². The molecule has 2 aromatic carbocycles. The molecule has 0 bridgehead atoms. The van der Waals surface area contributed by atoms with Crippen molar-refractivity contribution in [2.24, 2.45) is 0 Å². The standard InChI is InChI=1S/C26H32N4OS/c1-3-4-5-6-21-11-13-23(14-12-21)25(31)29-15-17-30(18-16-29)26-27-24(28-32-26)19-22-9-7-20(2)8-10-22/h7-14H,3-6,15-19H2,1-2H3. The Balaban J connectivity index is 1.29. The van der Waals surface area contributed by atoms with Crippen LogP contribution in [-0.4, -0.2) is 46.3 Å². The number of benzene rings is 2. The van der Waals surface area contributed by atoms with Crippen molar-refractivity contribution < 1.29 is 4.79 Å². The van der Waals surface area contributed by atoms with E-state index in [1.54, 1.807) is 0 Å². The molecule has 5 nitrogen and oxygen atoms in total. The number of anilines is 1. The molecule has 1 aliphatic heterocycles. The van der Waals surface area contributed by atoms with Crippen molar-refractivity contribution in [3.05, 3.63) is 76.6 Å². The summed E-state index contributed by atoms with van der Waals surface area (Å²) in [6.07, 6.45) is 5.54. The third-order valence-electron chi connectivity index (χ3n) is 6.05. The smallest absolute Gasteiger partial charge is 0.253 e. The third kappa shape index (κ3) is 5.74. The number of piperazine rings is 1. The molecule has 0 aliphatic carbocycles. The van der Waals surface area contributed by atoms with Crippen LogP contribution < -0.4 is 4.90 Å². The van der Waals surface area contributed by atoms with E-state index in [9.17, 15) is 4.79 Å². The average Bonchev–Trinajstić information content (AvgIpc) is 3.29. The maximum Gasteiger partial charge on any atom is 0.253 e. The lowest BCUT2D eigenvalue weighted by Gasteiger charge is -2.34. The average molecular weight is 449 g/mol. The van der Waals surface area contributed by atoms with E-state index in [1.807, 2.05) is 17.0 Å². The van der Waals surface area contributed by atoms with Gasteiger partial charge in [-0.3, -0.25) is 4.79 Å². The monoisotopic (exact) mass is 448 g/mol. The van der Waals surface area contributed by atoms with E-state index >= 15 is 0 Å². The summed E-state index contributed by atoms with van der Waals surface area (Å²) in [5.74, 6) is 0.994. The predicted octanol–water partition coefficient (Wildman–Crippen LogP) is 5.13. The lowest BCUT2D eigenvalue weighted by Crippen LogP contribution is -2.48. The molecule has 168 valence electrons. The van der Waals surface area contributed by atoms with Crippen LogP contribution in [0.5, 0.6) is 0 Å². The van der Waals surface area contributed by atoms with Crippen LogP contribution in [0.3, 0.4) is 0 Å². The summed E-state index contributed by atoms with van der Waals surface area (Å²) in [6, 6.07) is 16.7. The number of carbonyl (C=O) groups excluding carboxylic acids is 1. The second-order valence-corrected chi connectivity index (χ2v) is 9.32. The number of carbonyl (C=O) groups is 1. The fraction of sp³-hybridized carbons (Fsp3) is 0.423.